The van der Waals surface area contributed by atoms with Gasteiger partial charge in [-0.05, 0) is 67.9 Å². The van der Waals surface area contributed by atoms with E-state index in [1.165, 1.54) is 35.1 Å². The van der Waals surface area contributed by atoms with E-state index >= 15 is 0 Å². The summed E-state index contributed by atoms with van der Waals surface area (Å²) in [7, 11) is 4.29. The average Bonchev–Trinajstić information content (AvgIpc) is 2.65. The molecule has 0 heterocycles. The third kappa shape index (κ3) is 3.34. The van der Waals surface area contributed by atoms with Crippen molar-refractivity contribution in [2.75, 3.05) is 20.6 Å². The molecule has 0 aliphatic heterocycles. The zero-order chi connectivity index (χ0) is 15.5. The lowest BCUT2D eigenvalue weighted by atomic mass is 9.84. The molecule has 0 amide bonds. The van der Waals surface area contributed by atoms with Gasteiger partial charge in [-0.3, -0.25) is 0 Å². The number of halogens is 1. The van der Waals surface area contributed by atoms with Crippen LogP contribution in [0.2, 0.25) is 0 Å². The zero-order valence-electron chi connectivity index (χ0n) is 13.2. The molecule has 0 N–H and O–H groups in total. The van der Waals surface area contributed by atoms with Gasteiger partial charge in [-0.25, -0.2) is 0 Å². The van der Waals surface area contributed by atoms with Crippen LogP contribution in [0.4, 0.5) is 0 Å². The van der Waals surface area contributed by atoms with Gasteiger partial charge in [0, 0.05) is 10.4 Å². The molecule has 0 saturated heterocycles. The first-order chi connectivity index (χ1) is 10.6. The van der Waals surface area contributed by atoms with Crippen molar-refractivity contribution in [3.63, 3.8) is 0 Å². The summed E-state index contributed by atoms with van der Waals surface area (Å²) in [6, 6.07) is 15.5. The van der Waals surface area contributed by atoms with Crippen LogP contribution in [0.5, 0.6) is 0 Å². The molecule has 0 radical (unpaired) electrons. The summed E-state index contributed by atoms with van der Waals surface area (Å²) in [4.78, 5) is 2.27. The van der Waals surface area contributed by atoms with Crippen LogP contribution in [-0.2, 0) is 0 Å². The van der Waals surface area contributed by atoms with Gasteiger partial charge in [-0.15, -0.1) is 0 Å². The van der Waals surface area contributed by atoms with Gasteiger partial charge in [-0.1, -0.05) is 58.4 Å². The second-order valence-corrected chi connectivity index (χ2v) is 7.15. The minimum absolute atomic E-state index is 0.471. The van der Waals surface area contributed by atoms with Crippen LogP contribution in [0.25, 0.3) is 12.2 Å². The maximum atomic E-state index is 3.64. The highest BCUT2D eigenvalue weighted by molar-refractivity contribution is 9.10. The Kier molecular flexibility index (Phi) is 4.80. The van der Waals surface area contributed by atoms with Gasteiger partial charge < -0.3 is 4.90 Å². The van der Waals surface area contributed by atoms with Crippen LogP contribution in [0.1, 0.15) is 41.0 Å². The highest BCUT2D eigenvalue weighted by Crippen LogP contribution is 2.38. The fourth-order valence-corrected chi connectivity index (χ4v) is 3.63. The third-order valence-corrected chi connectivity index (χ3v) is 4.83. The van der Waals surface area contributed by atoms with Gasteiger partial charge in [0.1, 0.15) is 0 Å². The van der Waals surface area contributed by atoms with Crippen molar-refractivity contribution in [1.29, 1.82) is 0 Å². The van der Waals surface area contributed by atoms with Crippen LogP contribution in [0.15, 0.2) is 46.9 Å². The molecular weight excluding hydrogens is 334 g/mol. The molecular formula is C20H22BrN. The van der Waals surface area contributed by atoms with Crippen molar-refractivity contribution in [3.05, 3.63) is 69.2 Å². The predicted molar refractivity (Wildman–Crippen MR) is 99.1 cm³/mol. The third-order valence-electron chi connectivity index (χ3n) is 4.34. The van der Waals surface area contributed by atoms with Crippen LogP contribution in [0, 0.1) is 0 Å². The van der Waals surface area contributed by atoms with Crippen molar-refractivity contribution in [3.8, 4) is 0 Å². The second-order valence-electron chi connectivity index (χ2n) is 6.23. The van der Waals surface area contributed by atoms with Crippen molar-refractivity contribution < 1.29 is 0 Å². The summed E-state index contributed by atoms with van der Waals surface area (Å²) in [5.74, 6) is 0.471. The highest BCUT2D eigenvalue weighted by atomic mass is 79.9. The summed E-state index contributed by atoms with van der Waals surface area (Å²) in [5.41, 5.74) is 5.59. The van der Waals surface area contributed by atoms with Crippen LogP contribution >= 0.6 is 15.9 Å². The van der Waals surface area contributed by atoms with E-state index < -0.39 is 0 Å². The van der Waals surface area contributed by atoms with E-state index in [-0.39, 0.29) is 0 Å². The van der Waals surface area contributed by atoms with Crippen LogP contribution < -0.4 is 0 Å². The van der Waals surface area contributed by atoms with Crippen molar-refractivity contribution in [2.45, 2.75) is 18.8 Å². The Bertz CT molecular complexity index is 688. The molecule has 1 aliphatic carbocycles. The SMILES string of the molecule is CN(C)CCCC1c2ccccc2C=Cc2ccc(Br)cc21. The van der Waals surface area contributed by atoms with Gasteiger partial charge in [0.2, 0.25) is 0 Å². The molecule has 1 nitrogen and oxygen atoms in total. The molecule has 0 spiro atoms. The van der Waals surface area contributed by atoms with E-state index in [1.54, 1.807) is 0 Å². The summed E-state index contributed by atoms with van der Waals surface area (Å²) >= 11 is 3.64. The molecule has 2 aromatic rings. The summed E-state index contributed by atoms with van der Waals surface area (Å²) in [6.45, 7) is 1.13. The zero-order valence-corrected chi connectivity index (χ0v) is 14.8. The molecule has 1 aliphatic rings. The number of hydrogen-bond donors (Lipinski definition) is 0. The number of rotatable bonds is 4. The minimum Gasteiger partial charge on any atom is -0.309 e. The Labute approximate surface area is 141 Å². The molecule has 0 aromatic heterocycles. The van der Waals surface area contributed by atoms with Crippen LogP contribution in [-0.4, -0.2) is 25.5 Å². The smallest absolute Gasteiger partial charge is 0.0178 e. The fraction of sp³-hybridized carbons (Fsp3) is 0.300. The Balaban J connectivity index is 2.01. The Morgan fingerprint density at radius 1 is 0.955 bits per heavy atom. The van der Waals surface area contributed by atoms with Gasteiger partial charge in [0.25, 0.3) is 0 Å². The van der Waals surface area contributed by atoms with Crippen molar-refractivity contribution in [2.24, 2.45) is 0 Å². The Morgan fingerprint density at radius 3 is 2.45 bits per heavy atom. The van der Waals surface area contributed by atoms with Gasteiger partial charge in [0.05, 0.1) is 0 Å². The molecule has 1 atom stereocenters. The quantitative estimate of drug-likeness (QED) is 0.708. The Morgan fingerprint density at radius 2 is 1.68 bits per heavy atom. The highest BCUT2D eigenvalue weighted by Gasteiger charge is 2.21. The molecule has 22 heavy (non-hydrogen) atoms. The summed E-state index contributed by atoms with van der Waals surface area (Å²) < 4.78 is 1.16. The summed E-state index contributed by atoms with van der Waals surface area (Å²) in [6.07, 6.45) is 6.90. The summed E-state index contributed by atoms with van der Waals surface area (Å²) in [5, 5.41) is 0. The second kappa shape index (κ2) is 6.80. The standard InChI is InChI=1S/C20H22BrN/c1-22(2)13-5-8-19-18-7-4-3-6-15(18)9-10-16-11-12-17(21)14-20(16)19/h3-4,6-7,9-12,14,19H,5,8,13H2,1-2H3. The maximum Gasteiger partial charge on any atom is 0.0178 e. The molecule has 3 rings (SSSR count). The van der Waals surface area contributed by atoms with Gasteiger partial charge >= 0.3 is 0 Å². The van der Waals surface area contributed by atoms with Crippen molar-refractivity contribution in [1.82, 2.24) is 4.90 Å². The molecule has 2 heteroatoms. The first kappa shape index (κ1) is 15.5. The topological polar surface area (TPSA) is 3.24 Å². The predicted octanol–water partition coefficient (Wildman–Crippen LogP) is 5.41. The lowest BCUT2D eigenvalue weighted by Crippen LogP contribution is -2.14. The van der Waals surface area contributed by atoms with Crippen molar-refractivity contribution >= 4 is 28.1 Å². The van der Waals surface area contributed by atoms with Gasteiger partial charge in [0.15, 0.2) is 0 Å². The first-order valence-electron chi connectivity index (χ1n) is 7.86. The van der Waals surface area contributed by atoms with Crippen LogP contribution in [0.3, 0.4) is 0 Å². The number of nitrogens with zero attached hydrogens (tertiary/aromatic N) is 1. The molecule has 114 valence electrons. The minimum atomic E-state index is 0.471. The van der Waals surface area contributed by atoms with E-state index in [4.69, 9.17) is 0 Å². The normalized spacial score (nSPS) is 16.3. The number of benzene rings is 2. The lowest BCUT2D eigenvalue weighted by Gasteiger charge is -2.21. The maximum absolute atomic E-state index is 3.64. The van der Waals surface area contributed by atoms with E-state index in [1.807, 2.05) is 0 Å². The molecule has 0 fully saturated rings. The van der Waals surface area contributed by atoms with Gasteiger partial charge in [-0.2, -0.15) is 0 Å². The largest absolute Gasteiger partial charge is 0.309 e. The first-order valence-corrected chi connectivity index (χ1v) is 8.65. The molecule has 0 bridgehead atoms. The van der Waals surface area contributed by atoms with E-state index in [9.17, 15) is 0 Å². The molecule has 2 aromatic carbocycles. The number of fused-ring (bicyclic) bond motifs is 2. The average molecular weight is 356 g/mol. The monoisotopic (exact) mass is 355 g/mol. The van der Waals surface area contributed by atoms with E-state index in [0.717, 1.165) is 11.0 Å². The fourth-order valence-electron chi connectivity index (χ4n) is 3.25. The number of hydrogen-bond acceptors (Lipinski definition) is 1. The van der Waals surface area contributed by atoms with E-state index in [2.05, 4.69) is 89.5 Å². The molecule has 1 unspecified atom stereocenters. The Hall–Kier alpha value is -1.38. The van der Waals surface area contributed by atoms with E-state index in [0.29, 0.717) is 5.92 Å². The molecule has 0 saturated carbocycles. The lowest BCUT2D eigenvalue weighted by molar-refractivity contribution is 0.389.